The largest absolute Gasteiger partial charge is 0.504 e. The predicted molar refractivity (Wildman–Crippen MR) is 460 cm³/mol. The van der Waals surface area contributed by atoms with Crippen LogP contribution in [0.5, 0.6) is 57.5 Å². The second kappa shape index (κ2) is 47.0. The number of aromatic nitrogens is 4. The molecule has 0 saturated carbocycles. The quantitative estimate of drug-likeness (QED) is 0.0113. The van der Waals surface area contributed by atoms with Gasteiger partial charge in [-0.2, -0.15) is 0 Å². The molecule has 8 aromatic rings. The Hall–Kier alpha value is -15.6. The molecule has 0 aliphatic carbocycles. The molecule has 4 heterocycles. The van der Waals surface area contributed by atoms with E-state index in [-0.39, 0.29) is 200 Å². The van der Waals surface area contributed by atoms with Gasteiger partial charge in [0.2, 0.25) is 0 Å². The van der Waals surface area contributed by atoms with Gasteiger partial charge in [-0.1, -0.05) is 0 Å². The summed E-state index contributed by atoms with van der Waals surface area (Å²) in [5.41, 5.74) is -7.15. The number of hydrogen-bond donors (Lipinski definition) is 22. The van der Waals surface area contributed by atoms with Gasteiger partial charge < -0.3 is 138 Å². The number of aromatic hydroxyl groups is 10. The third-order valence-electron chi connectivity index (χ3n) is 20.1. The number of nitrogens with zero attached hydrogens (tertiary/aromatic N) is 5. The molecular weight excluding hydrogens is 1690 g/mol. The summed E-state index contributed by atoms with van der Waals surface area (Å²) in [7, 11) is 5.61. The number of pyridine rings is 4. The molecule has 0 bridgehead atoms. The first kappa shape index (κ1) is 98.9. The van der Waals surface area contributed by atoms with Gasteiger partial charge in [0.05, 0.1) is 62.2 Å². The van der Waals surface area contributed by atoms with Gasteiger partial charge in [0.1, 0.15) is 0 Å². The van der Waals surface area contributed by atoms with E-state index in [1.807, 2.05) is 0 Å². The van der Waals surface area contributed by atoms with E-state index in [1.165, 1.54) is 77.2 Å². The molecule has 44 heteroatoms. The Morgan fingerprint density at radius 1 is 0.248 bits per heavy atom. The third-order valence-corrected chi connectivity index (χ3v) is 20.1. The van der Waals surface area contributed by atoms with E-state index in [0.29, 0.717) is 0 Å². The number of phenolic OH excluding ortho intramolecular Hbond substituents is 6. The van der Waals surface area contributed by atoms with Crippen molar-refractivity contribution in [2.24, 2.45) is 28.2 Å². The number of ketones is 4. The van der Waals surface area contributed by atoms with Crippen LogP contribution in [0.3, 0.4) is 0 Å². The van der Waals surface area contributed by atoms with Crippen LogP contribution in [0.4, 0.5) is 0 Å². The standard InChI is InChI=1S/C85H99N17O27/c1-98-37-17-50(69(113)82(98)126)60(104)9-6-35-102(36-7-10-61(105)51-18-38-99(2)83(127)70(51)114)41-34-97-79(123)56-16-15-55(67(111)68(56)112)78(122)96-33-31-90-74(118)48-43-46(62(106)45-88-25-29-94-76(120)54-14-13-53(65(109)66(54)110)75(119)91-27-23-87-24-28-93-81(125)58-20-40-101(4)85(129)72(58)116)42-47(44-48)73(117)89-30-32-95-77(121)52-12-11-49(63(107)64(52)108)59(103)8-5-21-86-22-26-92-80(124)57-19-39-100(3)84(128)71(57)115/h11-20,37-40,42-44,86-88,107-116H,5-10,21-36,41,45H2,1-4H3,(H,89,117)(H,90,118)(H,91,119)(H,92,124)(H,93,125)(H,94,120)(H,95,121)(H,96,122)(H,97,123). The fraction of sp³-hybridized carbons (Fsp3) is 0.329. The van der Waals surface area contributed by atoms with Gasteiger partial charge in [0.25, 0.3) is 75.4 Å². The summed E-state index contributed by atoms with van der Waals surface area (Å²) in [5, 5.41) is 137. The Morgan fingerprint density at radius 2 is 0.481 bits per heavy atom. The molecule has 4 aromatic heterocycles. The van der Waals surface area contributed by atoms with Crippen molar-refractivity contribution < 1.29 is 113 Å². The molecule has 129 heavy (non-hydrogen) atoms. The molecule has 8 rings (SSSR count). The first-order chi connectivity index (χ1) is 61.4. The zero-order valence-electron chi connectivity index (χ0n) is 70.4. The van der Waals surface area contributed by atoms with Gasteiger partial charge in [-0.05, 0) is 118 Å². The second-order valence-electron chi connectivity index (χ2n) is 29.2. The van der Waals surface area contributed by atoms with Gasteiger partial charge in [-0.25, -0.2) is 0 Å². The fourth-order valence-corrected chi connectivity index (χ4v) is 12.8. The molecule has 0 unspecified atom stereocenters. The van der Waals surface area contributed by atoms with Crippen LogP contribution >= 0.6 is 0 Å². The van der Waals surface area contributed by atoms with E-state index in [1.54, 1.807) is 4.90 Å². The summed E-state index contributed by atoms with van der Waals surface area (Å²) in [6.07, 6.45) is 5.52. The smallest absolute Gasteiger partial charge is 0.293 e. The molecule has 22 N–H and O–H groups in total. The van der Waals surface area contributed by atoms with E-state index in [9.17, 15) is 133 Å². The average Bonchev–Trinajstić information content (AvgIpc) is 0.754. The molecule has 686 valence electrons. The van der Waals surface area contributed by atoms with Gasteiger partial charge in [-0.15, -0.1) is 0 Å². The van der Waals surface area contributed by atoms with Crippen LogP contribution in [0, 0.1) is 0 Å². The normalized spacial score (nSPS) is 11.0. The average molecular weight is 1790 g/mol. The van der Waals surface area contributed by atoms with E-state index < -0.39 is 185 Å². The molecule has 0 aliphatic heterocycles. The highest BCUT2D eigenvalue weighted by molar-refractivity contribution is 6.08. The number of benzene rings is 4. The number of aryl methyl sites for hydroxylation is 4. The highest BCUT2D eigenvalue weighted by Gasteiger charge is 2.28. The minimum absolute atomic E-state index is 0.000472. The van der Waals surface area contributed by atoms with Gasteiger partial charge in [-0.3, -0.25) is 81.5 Å². The number of amides is 9. The highest BCUT2D eigenvalue weighted by Crippen LogP contribution is 2.36. The maximum atomic E-state index is 13.9. The first-order valence-electron chi connectivity index (χ1n) is 40.3. The minimum atomic E-state index is -1.01. The molecular formula is C85H99N17O27. The third kappa shape index (κ3) is 26.5. The van der Waals surface area contributed by atoms with E-state index in [2.05, 4.69) is 63.8 Å². The van der Waals surface area contributed by atoms with Crippen molar-refractivity contribution >= 4 is 76.3 Å². The summed E-state index contributed by atoms with van der Waals surface area (Å²) < 4.78 is 4.40. The molecule has 0 radical (unpaired) electrons. The number of carbonyl (C=O) groups is 13. The molecule has 9 amide bonds. The number of hydrogen-bond acceptors (Lipinski definition) is 31. The van der Waals surface area contributed by atoms with Crippen molar-refractivity contribution in [2.75, 3.05) is 118 Å². The van der Waals surface area contributed by atoms with Crippen LogP contribution in [0.2, 0.25) is 0 Å². The number of carbonyl (C=O) groups excluding carboxylic acids is 13. The molecule has 0 aliphatic rings. The molecule has 0 spiro atoms. The molecule has 4 aromatic carbocycles. The lowest BCUT2D eigenvalue weighted by Gasteiger charge is -2.22. The van der Waals surface area contributed by atoms with Crippen molar-refractivity contribution in [3.05, 3.63) is 217 Å². The highest BCUT2D eigenvalue weighted by atomic mass is 16.3. The van der Waals surface area contributed by atoms with E-state index in [0.717, 1.165) is 72.9 Å². The van der Waals surface area contributed by atoms with Gasteiger partial charge in [0.15, 0.2) is 80.6 Å². The maximum absolute atomic E-state index is 13.9. The van der Waals surface area contributed by atoms with Crippen molar-refractivity contribution in [3.63, 3.8) is 0 Å². The van der Waals surface area contributed by atoms with Gasteiger partial charge >= 0.3 is 0 Å². The van der Waals surface area contributed by atoms with Crippen LogP contribution in [0.25, 0.3) is 0 Å². The number of Topliss-reactive ketones (excluding diaryl/α,β-unsaturated/α-hetero) is 4. The molecule has 0 saturated heterocycles. The van der Waals surface area contributed by atoms with Crippen LogP contribution < -0.4 is 86.0 Å². The van der Waals surface area contributed by atoms with Crippen LogP contribution in [0.15, 0.2) is 123 Å². The Bertz CT molecular complexity index is 5800. The first-order valence-corrected chi connectivity index (χ1v) is 40.3. The Labute approximate surface area is 733 Å². The zero-order valence-corrected chi connectivity index (χ0v) is 70.4. The summed E-state index contributed by atoms with van der Waals surface area (Å²) >= 11 is 0. The van der Waals surface area contributed by atoms with Crippen LogP contribution in [-0.2, 0) is 28.2 Å². The lowest BCUT2D eigenvalue weighted by molar-refractivity contribution is 0.0920. The van der Waals surface area contributed by atoms with Crippen LogP contribution in [0.1, 0.15) is 173 Å². The molecule has 0 atom stereocenters. The lowest BCUT2D eigenvalue weighted by atomic mass is 10.0. The maximum Gasteiger partial charge on any atom is 0.293 e. The van der Waals surface area contributed by atoms with E-state index >= 15 is 0 Å². The Morgan fingerprint density at radius 3 is 0.814 bits per heavy atom. The number of rotatable bonds is 48. The van der Waals surface area contributed by atoms with Crippen molar-refractivity contribution in [1.82, 2.24) is 87.0 Å². The van der Waals surface area contributed by atoms with Gasteiger partial charge in [0, 0.05) is 181 Å². The fourth-order valence-electron chi connectivity index (χ4n) is 12.8. The van der Waals surface area contributed by atoms with Crippen molar-refractivity contribution in [1.29, 1.82) is 0 Å². The predicted octanol–water partition coefficient (Wildman–Crippen LogP) is -1.85. The lowest BCUT2D eigenvalue weighted by Crippen LogP contribution is -2.36. The molecule has 44 nitrogen and oxygen atoms in total. The minimum Gasteiger partial charge on any atom is -0.504 e. The summed E-state index contributed by atoms with van der Waals surface area (Å²) in [4.78, 5) is 222. The van der Waals surface area contributed by atoms with Crippen molar-refractivity contribution in [3.8, 4) is 57.5 Å². The number of phenols is 6. The van der Waals surface area contributed by atoms with Crippen molar-refractivity contribution in [2.45, 2.75) is 38.5 Å². The Kier molecular flexibility index (Phi) is 36.0. The number of nitrogens with one attached hydrogen (secondary N) is 12. The summed E-state index contributed by atoms with van der Waals surface area (Å²) in [6, 6.07) is 15.0. The molecule has 0 fully saturated rings. The summed E-state index contributed by atoms with van der Waals surface area (Å²) in [5.74, 6) is -18.7. The monoisotopic (exact) mass is 1790 g/mol. The van der Waals surface area contributed by atoms with Crippen LogP contribution in [-0.4, -0.2) is 268 Å². The summed E-state index contributed by atoms with van der Waals surface area (Å²) in [6.45, 7) is -0.804. The zero-order chi connectivity index (χ0) is 94.5. The second-order valence-corrected chi connectivity index (χ2v) is 29.2. The van der Waals surface area contributed by atoms with E-state index in [4.69, 9.17) is 0 Å². The SMILES string of the molecule is Cn1ccc(C(=O)CCCN(CCCC(=O)c2ccn(C)c(=O)c2O)CCNC(=O)c2ccc(C(=O)NCCNC(=O)c3cc(C(=O)CNCCNC(=O)c4ccc(C(=O)NCCNCCNC(=O)c5ccn(C)c(=O)c5O)c(O)c4O)cc(C(=O)NCCNC(=O)c4ccc(C(=O)CCCNCCNC(=O)c5ccn(C)c(=O)c5O)c(O)c4O)c3)c(O)c2O)c(O)c1=O. The topological polar surface area (TPSA) is 660 Å². The Balaban J connectivity index is 0.840.